The molecule has 4 nitrogen and oxygen atoms in total. The molecule has 0 spiro atoms. The summed E-state index contributed by atoms with van der Waals surface area (Å²) >= 11 is 5.33. The zero-order chi connectivity index (χ0) is 13.1. The van der Waals surface area contributed by atoms with Gasteiger partial charge in [-0.3, -0.25) is 0 Å². The van der Waals surface area contributed by atoms with Crippen LogP contribution in [0.4, 0.5) is 0 Å². The summed E-state index contributed by atoms with van der Waals surface area (Å²) in [6, 6.07) is 9.71. The summed E-state index contributed by atoms with van der Waals surface area (Å²) in [5.74, 6) is 1.62. The summed E-state index contributed by atoms with van der Waals surface area (Å²) in [7, 11) is 0. The van der Waals surface area contributed by atoms with Gasteiger partial charge in [0.1, 0.15) is 22.8 Å². The van der Waals surface area contributed by atoms with E-state index in [1.807, 2.05) is 30.3 Å². The molecule has 0 saturated heterocycles. The van der Waals surface area contributed by atoms with Gasteiger partial charge in [-0.1, -0.05) is 30.4 Å². The molecule has 19 heavy (non-hydrogen) atoms. The maximum Gasteiger partial charge on any atom is 0.146 e. The van der Waals surface area contributed by atoms with E-state index in [9.17, 15) is 0 Å². The van der Waals surface area contributed by atoms with E-state index in [-0.39, 0.29) is 0 Å². The number of aromatic nitrogens is 2. The standard InChI is InChI=1S/C14H15N3OS/c19-14-11-8-15-7-6-12(11)16-13(17-14)9-18-10-4-2-1-3-5-10/h1-5,15H,6-9H2,(H,16,17,19). The van der Waals surface area contributed by atoms with Gasteiger partial charge in [0.2, 0.25) is 0 Å². The number of benzene rings is 1. The molecule has 1 aliphatic rings. The number of fused-ring (bicyclic) bond motifs is 1. The van der Waals surface area contributed by atoms with Crippen molar-refractivity contribution in [3.8, 4) is 5.75 Å². The molecule has 98 valence electrons. The van der Waals surface area contributed by atoms with Crippen LogP contribution >= 0.6 is 12.2 Å². The van der Waals surface area contributed by atoms with Gasteiger partial charge >= 0.3 is 0 Å². The van der Waals surface area contributed by atoms with Crippen LogP contribution in [-0.4, -0.2) is 16.5 Å². The average molecular weight is 273 g/mol. The van der Waals surface area contributed by atoms with E-state index in [2.05, 4.69) is 15.3 Å². The highest BCUT2D eigenvalue weighted by Crippen LogP contribution is 2.14. The molecule has 0 bridgehead atoms. The van der Waals surface area contributed by atoms with E-state index < -0.39 is 0 Å². The Balaban J connectivity index is 1.78. The van der Waals surface area contributed by atoms with Gasteiger partial charge < -0.3 is 15.0 Å². The molecule has 0 radical (unpaired) electrons. The second-order valence-corrected chi connectivity index (χ2v) is 4.86. The lowest BCUT2D eigenvalue weighted by atomic mass is 10.1. The molecule has 0 atom stereocenters. The molecular weight excluding hydrogens is 258 g/mol. The maximum absolute atomic E-state index is 5.68. The Kier molecular flexibility index (Phi) is 3.57. The van der Waals surface area contributed by atoms with Crippen LogP contribution in [0.3, 0.4) is 0 Å². The number of nitrogens with zero attached hydrogens (tertiary/aromatic N) is 1. The molecule has 0 amide bonds. The minimum atomic E-state index is 0.411. The molecule has 2 heterocycles. The SMILES string of the molecule is S=c1nc(COc2ccccc2)[nH]c2c1CNCC2. The Morgan fingerprint density at radius 1 is 1.26 bits per heavy atom. The van der Waals surface area contributed by atoms with Crippen molar-refractivity contribution in [1.29, 1.82) is 0 Å². The molecular formula is C14H15N3OS. The molecule has 5 heteroatoms. The van der Waals surface area contributed by atoms with Crippen LogP contribution in [0.2, 0.25) is 0 Å². The van der Waals surface area contributed by atoms with E-state index in [1.54, 1.807) is 0 Å². The van der Waals surface area contributed by atoms with Gasteiger partial charge in [0.05, 0.1) is 0 Å². The van der Waals surface area contributed by atoms with Crippen molar-refractivity contribution >= 4 is 12.2 Å². The van der Waals surface area contributed by atoms with Crippen LogP contribution < -0.4 is 10.1 Å². The van der Waals surface area contributed by atoms with Crippen LogP contribution in [0.25, 0.3) is 0 Å². The van der Waals surface area contributed by atoms with Crippen molar-refractivity contribution in [3.05, 3.63) is 52.1 Å². The predicted octanol–water partition coefficient (Wildman–Crippen LogP) is 2.36. The third-order valence-electron chi connectivity index (χ3n) is 3.13. The zero-order valence-corrected chi connectivity index (χ0v) is 11.3. The van der Waals surface area contributed by atoms with Crippen LogP contribution in [0.15, 0.2) is 30.3 Å². The van der Waals surface area contributed by atoms with E-state index in [0.717, 1.165) is 36.6 Å². The molecule has 1 aliphatic heterocycles. The maximum atomic E-state index is 5.68. The molecule has 1 aromatic heterocycles. The highest BCUT2D eigenvalue weighted by Gasteiger charge is 2.12. The first-order valence-electron chi connectivity index (χ1n) is 6.32. The molecule has 0 aliphatic carbocycles. The second kappa shape index (κ2) is 5.50. The van der Waals surface area contributed by atoms with Gasteiger partial charge in [-0.05, 0) is 12.1 Å². The van der Waals surface area contributed by atoms with E-state index in [1.165, 1.54) is 5.69 Å². The van der Waals surface area contributed by atoms with Crippen molar-refractivity contribution in [2.75, 3.05) is 6.54 Å². The molecule has 3 rings (SSSR count). The minimum absolute atomic E-state index is 0.411. The van der Waals surface area contributed by atoms with Gasteiger partial charge in [0.25, 0.3) is 0 Å². The smallest absolute Gasteiger partial charge is 0.146 e. The van der Waals surface area contributed by atoms with Crippen molar-refractivity contribution in [2.24, 2.45) is 0 Å². The molecule has 2 aromatic rings. The Morgan fingerprint density at radius 2 is 2.11 bits per heavy atom. The predicted molar refractivity (Wildman–Crippen MR) is 75.6 cm³/mol. The summed E-state index contributed by atoms with van der Waals surface area (Å²) in [6.07, 6.45) is 0.958. The zero-order valence-electron chi connectivity index (χ0n) is 10.5. The monoisotopic (exact) mass is 273 g/mol. The first-order valence-corrected chi connectivity index (χ1v) is 6.73. The first kappa shape index (κ1) is 12.3. The Hall–Kier alpha value is -1.72. The molecule has 0 fully saturated rings. The number of ether oxygens (including phenoxy) is 1. The van der Waals surface area contributed by atoms with Crippen molar-refractivity contribution < 1.29 is 4.74 Å². The lowest BCUT2D eigenvalue weighted by Crippen LogP contribution is -2.26. The van der Waals surface area contributed by atoms with Gasteiger partial charge in [-0.2, -0.15) is 0 Å². The number of aromatic amines is 1. The van der Waals surface area contributed by atoms with Crippen LogP contribution in [0.5, 0.6) is 5.75 Å². The fourth-order valence-electron chi connectivity index (χ4n) is 2.16. The van der Waals surface area contributed by atoms with Gasteiger partial charge in [0, 0.05) is 30.8 Å². The number of H-pyrrole nitrogens is 1. The first-order chi connectivity index (χ1) is 9.33. The molecule has 0 unspecified atom stereocenters. The summed E-state index contributed by atoms with van der Waals surface area (Å²) in [5.41, 5.74) is 2.30. The van der Waals surface area contributed by atoms with E-state index in [4.69, 9.17) is 17.0 Å². The van der Waals surface area contributed by atoms with Crippen LogP contribution in [0.1, 0.15) is 17.1 Å². The van der Waals surface area contributed by atoms with Gasteiger partial charge in [-0.15, -0.1) is 0 Å². The molecule has 2 N–H and O–H groups in total. The van der Waals surface area contributed by atoms with Crippen LogP contribution in [-0.2, 0) is 19.6 Å². The fourth-order valence-corrected chi connectivity index (χ4v) is 2.46. The van der Waals surface area contributed by atoms with Crippen molar-refractivity contribution in [3.63, 3.8) is 0 Å². The summed E-state index contributed by atoms with van der Waals surface area (Å²) in [5, 5.41) is 3.30. The Bertz CT molecular complexity index is 624. The lowest BCUT2D eigenvalue weighted by molar-refractivity contribution is 0.294. The van der Waals surface area contributed by atoms with E-state index in [0.29, 0.717) is 11.2 Å². The number of para-hydroxylation sites is 1. The number of hydrogen-bond acceptors (Lipinski definition) is 4. The largest absolute Gasteiger partial charge is 0.486 e. The summed E-state index contributed by atoms with van der Waals surface area (Å²) < 4.78 is 6.36. The van der Waals surface area contributed by atoms with Gasteiger partial charge in [0.15, 0.2) is 0 Å². The van der Waals surface area contributed by atoms with Crippen LogP contribution in [0, 0.1) is 4.64 Å². The molecule has 1 aromatic carbocycles. The lowest BCUT2D eigenvalue weighted by Gasteiger charge is -2.17. The Morgan fingerprint density at radius 3 is 2.95 bits per heavy atom. The second-order valence-electron chi connectivity index (χ2n) is 4.47. The summed E-state index contributed by atoms with van der Waals surface area (Å²) in [6.45, 7) is 2.19. The quantitative estimate of drug-likeness (QED) is 0.843. The van der Waals surface area contributed by atoms with Crippen molar-refractivity contribution in [2.45, 2.75) is 19.6 Å². The number of nitrogens with one attached hydrogen (secondary N) is 2. The summed E-state index contributed by atoms with van der Waals surface area (Å²) in [4.78, 5) is 7.73. The number of hydrogen-bond donors (Lipinski definition) is 2. The highest BCUT2D eigenvalue weighted by molar-refractivity contribution is 7.71. The highest BCUT2D eigenvalue weighted by atomic mass is 32.1. The average Bonchev–Trinajstić information content (AvgIpc) is 2.46. The Labute approximate surface area is 116 Å². The van der Waals surface area contributed by atoms with Crippen molar-refractivity contribution in [1.82, 2.24) is 15.3 Å². The molecule has 0 saturated carbocycles. The fraction of sp³-hybridized carbons (Fsp3) is 0.286. The topological polar surface area (TPSA) is 49.9 Å². The third kappa shape index (κ3) is 2.83. The minimum Gasteiger partial charge on any atom is -0.486 e. The normalized spacial score (nSPS) is 13.9. The third-order valence-corrected chi connectivity index (χ3v) is 3.46. The number of rotatable bonds is 3. The van der Waals surface area contributed by atoms with E-state index >= 15 is 0 Å². The van der Waals surface area contributed by atoms with Gasteiger partial charge in [-0.25, -0.2) is 4.98 Å².